The van der Waals surface area contributed by atoms with Crippen LogP contribution in [0, 0.1) is 27.2 Å². The quantitative estimate of drug-likeness (QED) is 0.336. The fourth-order valence-corrected chi connectivity index (χ4v) is 3.47. The SMILES string of the molecule is Cc1ccc(C2=C/C(=C\c3ccc([N+](=O)[O-])cc3)C(=O)N2c2cc([N+](=O)[O-])ccc2O)cc1. The largest absolute Gasteiger partial charge is 0.506 e. The molecule has 4 rings (SSSR count). The molecule has 3 aromatic carbocycles. The van der Waals surface area contributed by atoms with Crippen molar-refractivity contribution in [2.24, 2.45) is 0 Å². The summed E-state index contributed by atoms with van der Waals surface area (Å²) >= 11 is 0. The Balaban J connectivity index is 1.84. The number of non-ortho nitro benzene ring substituents is 2. The van der Waals surface area contributed by atoms with Gasteiger partial charge in [-0.05, 0) is 48.4 Å². The van der Waals surface area contributed by atoms with Gasteiger partial charge in [0.15, 0.2) is 0 Å². The zero-order valence-electron chi connectivity index (χ0n) is 17.3. The van der Waals surface area contributed by atoms with Crippen molar-refractivity contribution in [1.82, 2.24) is 0 Å². The van der Waals surface area contributed by atoms with E-state index < -0.39 is 15.8 Å². The Morgan fingerprint density at radius 3 is 2.09 bits per heavy atom. The van der Waals surface area contributed by atoms with Crippen LogP contribution >= 0.6 is 0 Å². The number of amides is 1. The summed E-state index contributed by atoms with van der Waals surface area (Å²) in [6, 6.07) is 16.5. The molecule has 0 aliphatic carbocycles. The first-order chi connectivity index (χ1) is 15.7. The van der Waals surface area contributed by atoms with Crippen molar-refractivity contribution in [3.05, 3.63) is 115 Å². The summed E-state index contributed by atoms with van der Waals surface area (Å²) in [5.41, 5.74) is 2.57. The van der Waals surface area contributed by atoms with Gasteiger partial charge >= 0.3 is 0 Å². The molecule has 0 spiro atoms. The summed E-state index contributed by atoms with van der Waals surface area (Å²) < 4.78 is 0. The molecule has 0 saturated carbocycles. The van der Waals surface area contributed by atoms with Crippen LogP contribution in [0.4, 0.5) is 17.1 Å². The third-order valence-electron chi connectivity index (χ3n) is 5.17. The van der Waals surface area contributed by atoms with Gasteiger partial charge in [-0.15, -0.1) is 0 Å². The molecule has 0 aromatic heterocycles. The highest BCUT2D eigenvalue weighted by Crippen LogP contribution is 2.41. The van der Waals surface area contributed by atoms with Gasteiger partial charge in [0.2, 0.25) is 0 Å². The number of nitro benzene ring substituents is 2. The zero-order valence-corrected chi connectivity index (χ0v) is 17.3. The molecule has 1 aliphatic heterocycles. The molecule has 1 heterocycles. The number of hydrogen-bond acceptors (Lipinski definition) is 6. The number of carbonyl (C=O) groups is 1. The van der Waals surface area contributed by atoms with Crippen LogP contribution in [0.2, 0.25) is 0 Å². The van der Waals surface area contributed by atoms with Gasteiger partial charge in [0.05, 0.1) is 21.2 Å². The predicted molar refractivity (Wildman–Crippen MR) is 122 cm³/mol. The van der Waals surface area contributed by atoms with E-state index in [9.17, 15) is 30.1 Å². The van der Waals surface area contributed by atoms with Crippen LogP contribution in [0.5, 0.6) is 5.75 Å². The Bertz CT molecular complexity index is 1340. The van der Waals surface area contributed by atoms with Crippen molar-refractivity contribution in [3.8, 4) is 5.75 Å². The smallest absolute Gasteiger partial charge is 0.271 e. The van der Waals surface area contributed by atoms with E-state index in [4.69, 9.17) is 0 Å². The normalized spacial score (nSPS) is 14.5. The summed E-state index contributed by atoms with van der Waals surface area (Å²) in [6.07, 6.45) is 3.18. The van der Waals surface area contributed by atoms with Crippen LogP contribution in [0.25, 0.3) is 11.8 Å². The molecule has 0 unspecified atom stereocenters. The Labute approximate surface area is 187 Å². The number of phenols is 1. The fraction of sp³-hybridized carbons (Fsp3) is 0.0417. The summed E-state index contributed by atoms with van der Waals surface area (Å²) in [4.78, 5) is 35.7. The number of anilines is 1. The standard InChI is InChI=1S/C24H17N3O6/c1-15-2-6-17(7-3-15)21-13-18(12-16-4-8-19(9-5-16)26(30)31)24(29)25(21)22-14-20(27(32)33)10-11-23(22)28/h2-14,28H,1H3/b18-12+. The summed E-state index contributed by atoms with van der Waals surface area (Å²) in [6.45, 7) is 1.92. The highest BCUT2D eigenvalue weighted by Gasteiger charge is 2.33. The fourth-order valence-electron chi connectivity index (χ4n) is 3.47. The maximum absolute atomic E-state index is 13.4. The number of aromatic hydroxyl groups is 1. The first kappa shape index (κ1) is 21.4. The van der Waals surface area contributed by atoms with E-state index in [0.717, 1.165) is 17.7 Å². The van der Waals surface area contributed by atoms with Crippen molar-refractivity contribution in [2.45, 2.75) is 6.92 Å². The molecule has 1 amide bonds. The van der Waals surface area contributed by atoms with Crippen LogP contribution in [0.3, 0.4) is 0 Å². The molecule has 0 radical (unpaired) electrons. The van der Waals surface area contributed by atoms with Crippen LogP contribution < -0.4 is 4.90 Å². The van der Waals surface area contributed by atoms with Gasteiger partial charge < -0.3 is 5.11 Å². The zero-order chi connectivity index (χ0) is 23.7. The summed E-state index contributed by atoms with van der Waals surface area (Å²) in [5.74, 6) is -0.789. The third kappa shape index (κ3) is 4.19. The molecule has 3 aromatic rings. The highest BCUT2D eigenvalue weighted by atomic mass is 16.6. The van der Waals surface area contributed by atoms with Crippen LogP contribution in [-0.4, -0.2) is 20.9 Å². The van der Waals surface area contributed by atoms with Crippen molar-refractivity contribution < 1.29 is 19.7 Å². The topological polar surface area (TPSA) is 127 Å². The van der Waals surface area contributed by atoms with E-state index in [-0.39, 0.29) is 28.4 Å². The Morgan fingerprint density at radius 1 is 0.879 bits per heavy atom. The van der Waals surface area contributed by atoms with Gasteiger partial charge in [-0.2, -0.15) is 0 Å². The summed E-state index contributed by atoms with van der Waals surface area (Å²) in [7, 11) is 0. The van der Waals surface area contributed by atoms with E-state index >= 15 is 0 Å². The van der Waals surface area contributed by atoms with Crippen LogP contribution in [0.1, 0.15) is 16.7 Å². The minimum atomic E-state index is -0.605. The number of carbonyl (C=O) groups excluding carboxylic acids is 1. The lowest BCUT2D eigenvalue weighted by Crippen LogP contribution is -2.25. The van der Waals surface area contributed by atoms with Gasteiger partial charge in [-0.1, -0.05) is 29.8 Å². The maximum atomic E-state index is 13.4. The van der Waals surface area contributed by atoms with Crippen molar-refractivity contribution in [3.63, 3.8) is 0 Å². The molecule has 0 bridgehead atoms. The Morgan fingerprint density at radius 2 is 1.48 bits per heavy atom. The molecule has 0 saturated heterocycles. The first-order valence-corrected chi connectivity index (χ1v) is 9.81. The lowest BCUT2D eigenvalue weighted by Gasteiger charge is -2.21. The minimum absolute atomic E-state index is 0.0203. The molecular formula is C24H17N3O6. The lowest BCUT2D eigenvalue weighted by molar-refractivity contribution is -0.385. The second-order valence-corrected chi connectivity index (χ2v) is 7.41. The molecule has 0 atom stereocenters. The highest BCUT2D eigenvalue weighted by molar-refractivity contribution is 6.23. The number of phenolic OH excluding ortho intramolecular Hbond substituents is 1. The Hall–Kier alpha value is -4.79. The molecule has 9 nitrogen and oxygen atoms in total. The number of aryl methyl sites for hydroxylation is 1. The third-order valence-corrected chi connectivity index (χ3v) is 5.17. The number of rotatable bonds is 5. The first-order valence-electron chi connectivity index (χ1n) is 9.81. The van der Waals surface area contributed by atoms with E-state index in [1.807, 2.05) is 31.2 Å². The average molecular weight is 443 g/mol. The van der Waals surface area contributed by atoms with Gasteiger partial charge in [0.25, 0.3) is 17.3 Å². The van der Waals surface area contributed by atoms with Crippen molar-refractivity contribution in [2.75, 3.05) is 4.90 Å². The van der Waals surface area contributed by atoms with Gasteiger partial charge in [-0.25, -0.2) is 0 Å². The second-order valence-electron chi connectivity index (χ2n) is 7.41. The number of hydrogen-bond donors (Lipinski definition) is 1. The molecular weight excluding hydrogens is 426 g/mol. The van der Waals surface area contributed by atoms with Gasteiger partial charge in [0, 0.05) is 29.8 Å². The van der Waals surface area contributed by atoms with E-state index in [1.54, 1.807) is 12.2 Å². The van der Waals surface area contributed by atoms with Gasteiger partial charge in [0.1, 0.15) is 5.75 Å². The van der Waals surface area contributed by atoms with E-state index in [2.05, 4.69) is 0 Å². The number of nitro groups is 2. The molecule has 33 heavy (non-hydrogen) atoms. The van der Waals surface area contributed by atoms with Crippen molar-refractivity contribution >= 4 is 34.7 Å². The molecule has 164 valence electrons. The van der Waals surface area contributed by atoms with Crippen molar-refractivity contribution in [1.29, 1.82) is 0 Å². The van der Waals surface area contributed by atoms with Gasteiger partial charge in [-0.3, -0.25) is 29.9 Å². The molecule has 1 aliphatic rings. The molecule has 9 heteroatoms. The van der Waals surface area contributed by atoms with E-state index in [1.165, 1.54) is 35.2 Å². The Kier molecular flexibility index (Phi) is 5.45. The number of nitrogens with zero attached hydrogens (tertiary/aromatic N) is 3. The van der Waals surface area contributed by atoms with Crippen LogP contribution in [-0.2, 0) is 4.79 Å². The second kappa shape index (κ2) is 8.39. The summed E-state index contributed by atoms with van der Waals surface area (Å²) in [5, 5.41) is 32.6. The van der Waals surface area contributed by atoms with Crippen LogP contribution in [0.15, 0.2) is 78.4 Å². The average Bonchev–Trinajstić information content (AvgIpc) is 3.10. The maximum Gasteiger partial charge on any atom is 0.271 e. The monoisotopic (exact) mass is 443 g/mol. The minimum Gasteiger partial charge on any atom is -0.506 e. The molecule has 1 N–H and O–H groups in total. The molecule has 0 fully saturated rings. The number of benzene rings is 3. The van der Waals surface area contributed by atoms with E-state index in [0.29, 0.717) is 16.8 Å². The lowest BCUT2D eigenvalue weighted by atomic mass is 10.1. The predicted octanol–water partition coefficient (Wildman–Crippen LogP) is 4.99.